The van der Waals surface area contributed by atoms with E-state index in [1.54, 1.807) is 43.3 Å². The van der Waals surface area contributed by atoms with Gasteiger partial charge in [0.25, 0.3) is 11.6 Å². The molecule has 0 aromatic heterocycles. The summed E-state index contributed by atoms with van der Waals surface area (Å²) in [5.74, 6) is 0.335. The van der Waals surface area contributed by atoms with Crippen molar-refractivity contribution in [1.82, 2.24) is 5.43 Å². The van der Waals surface area contributed by atoms with Crippen LogP contribution in [0.3, 0.4) is 0 Å². The van der Waals surface area contributed by atoms with Crippen molar-refractivity contribution in [2.24, 2.45) is 5.10 Å². The quantitative estimate of drug-likeness (QED) is 0.473. The Morgan fingerprint density at radius 2 is 1.92 bits per heavy atom. The Balaban J connectivity index is 2.03. The van der Waals surface area contributed by atoms with Crippen LogP contribution in [0.25, 0.3) is 0 Å². The number of hydrogen-bond acceptors (Lipinski definition) is 5. The fourth-order valence-corrected chi connectivity index (χ4v) is 2.03. The van der Waals surface area contributed by atoms with Gasteiger partial charge in [0, 0.05) is 23.3 Å². The number of benzene rings is 2. The molecule has 0 unspecified atom stereocenters. The second kappa shape index (κ2) is 8.58. The van der Waals surface area contributed by atoms with Crippen molar-refractivity contribution in [3.8, 4) is 5.75 Å². The van der Waals surface area contributed by atoms with Gasteiger partial charge in [-0.25, -0.2) is 5.43 Å². The van der Waals surface area contributed by atoms with Crippen molar-refractivity contribution in [2.45, 2.75) is 20.3 Å². The molecule has 0 bridgehead atoms. The van der Waals surface area contributed by atoms with E-state index in [0.717, 1.165) is 6.42 Å². The molecule has 0 saturated carbocycles. The van der Waals surface area contributed by atoms with Gasteiger partial charge >= 0.3 is 0 Å². The standard InChI is InChI=1S/C18H19N3O4/c1-3-11-25-17-9-7-14(8-10-17)18(22)20-19-13(2)15-5-4-6-16(12-15)21(23)24/h4-10,12H,3,11H2,1-2H3,(H,20,22)/b19-13+. The van der Waals surface area contributed by atoms with E-state index >= 15 is 0 Å². The van der Waals surface area contributed by atoms with Crippen LogP contribution < -0.4 is 10.2 Å². The Hall–Kier alpha value is -3.22. The summed E-state index contributed by atoms with van der Waals surface area (Å²) in [6, 6.07) is 12.8. The van der Waals surface area contributed by atoms with Crippen molar-refractivity contribution in [3.05, 3.63) is 69.8 Å². The third-order valence-corrected chi connectivity index (χ3v) is 3.39. The molecular formula is C18H19N3O4. The summed E-state index contributed by atoms with van der Waals surface area (Å²) in [4.78, 5) is 22.4. The molecule has 0 fully saturated rings. The van der Waals surface area contributed by atoms with Crippen molar-refractivity contribution in [3.63, 3.8) is 0 Å². The third-order valence-electron chi connectivity index (χ3n) is 3.39. The molecule has 0 aliphatic heterocycles. The molecule has 0 heterocycles. The van der Waals surface area contributed by atoms with E-state index in [1.807, 2.05) is 6.92 Å². The molecule has 7 heteroatoms. The number of non-ortho nitro benzene ring substituents is 1. The molecule has 2 aromatic rings. The number of nitro benzene ring substituents is 1. The molecule has 0 radical (unpaired) electrons. The number of carbonyl (C=O) groups is 1. The highest BCUT2D eigenvalue weighted by molar-refractivity contribution is 6.01. The highest BCUT2D eigenvalue weighted by Crippen LogP contribution is 2.14. The minimum absolute atomic E-state index is 0.0268. The van der Waals surface area contributed by atoms with Gasteiger partial charge in [0.15, 0.2) is 0 Å². The number of carbonyl (C=O) groups excluding carboxylic acids is 1. The van der Waals surface area contributed by atoms with E-state index < -0.39 is 4.92 Å². The first kappa shape index (κ1) is 18.1. The van der Waals surface area contributed by atoms with Crippen LogP contribution in [0.15, 0.2) is 53.6 Å². The Morgan fingerprint density at radius 1 is 1.20 bits per heavy atom. The minimum Gasteiger partial charge on any atom is -0.494 e. The van der Waals surface area contributed by atoms with Crippen LogP contribution in [-0.4, -0.2) is 23.1 Å². The van der Waals surface area contributed by atoms with Crippen molar-refractivity contribution in [1.29, 1.82) is 0 Å². The minimum atomic E-state index is -0.475. The molecule has 2 aromatic carbocycles. The van der Waals surface area contributed by atoms with Crippen LogP contribution in [0.1, 0.15) is 36.2 Å². The first-order chi connectivity index (χ1) is 12.0. The maximum absolute atomic E-state index is 12.1. The van der Waals surface area contributed by atoms with Crippen LogP contribution in [-0.2, 0) is 0 Å². The smallest absolute Gasteiger partial charge is 0.271 e. The van der Waals surface area contributed by atoms with E-state index in [9.17, 15) is 14.9 Å². The van der Waals surface area contributed by atoms with Crippen molar-refractivity contribution >= 4 is 17.3 Å². The largest absolute Gasteiger partial charge is 0.494 e. The van der Waals surface area contributed by atoms with Gasteiger partial charge < -0.3 is 4.74 Å². The van der Waals surface area contributed by atoms with Crippen molar-refractivity contribution < 1.29 is 14.5 Å². The van der Waals surface area contributed by atoms with E-state index in [4.69, 9.17) is 4.74 Å². The first-order valence-corrected chi connectivity index (χ1v) is 7.83. The number of amides is 1. The highest BCUT2D eigenvalue weighted by atomic mass is 16.6. The Labute approximate surface area is 145 Å². The average Bonchev–Trinajstić information content (AvgIpc) is 2.64. The number of rotatable bonds is 7. The van der Waals surface area contributed by atoms with Crippen LogP contribution in [0.2, 0.25) is 0 Å². The lowest BCUT2D eigenvalue weighted by molar-refractivity contribution is -0.384. The summed E-state index contributed by atoms with van der Waals surface area (Å²) in [6.45, 7) is 4.31. The molecule has 0 aliphatic rings. The fraction of sp³-hybridized carbons (Fsp3) is 0.222. The number of nitrogens with zero attached hydrogens (tertiary/aromatic N) is 2. The van der Waals surface area contributed by atoms with E-state index in [-0.39, 0.29) is 11.6 Å². The Kier molecular flexibility index (Phi) is 6.22. The van der Waals surface area contributed by atoms with Gasteiger partial charge in [-0.2, -0.15) is 5.10 Å². The zero-order chi connectivity index (χ0) is 18.2. The highest BCUT2D eigenvalue weighted by Gasteiger charge is 2.09. The van der Waals surface area contributed by atoms with Crippen LogP contribution >= 0.6 is 0 Å². The van der Waals surface area contributed by atoms with Gasteiger partial charge in [0.1, 0.15) is 5.75 Å². The van der Waals surface area contributed by atoms with Crippen LogP contribution in [0, 0.1) is 10.1 Å². The first-order valence-electron chi connectivity index (χ1n) is 7.83. The number of hydrogen-bond donors (Lipinski definition) is 1. The van der Waals surface area contributed by atoms with Gasteiger partial charge in [0.2, 0.25) is 0 Å². The molecule has 2 rings (SSSR count). The lowest BCUT2D eigenvalue weighted by atomic mass is 10.1. The summed E-state index contributed by atoms with van der Waals surface area (Å²) in [5.41, 5.74) is 3.90. The summed E-state index contributed by atoms with van der Waals surface area (Å²) in [6.07, 6.45) is 0.911. The molecule has 130 valence electrons. The number of nitro groups is 1. The molecule has 1 amide bonds. The van der Waals surface area contributed by atoms with Gasteiger partial charge in [-0.15, -0.1) is 0 Å². The van der Waals surface area contributed by atoms with Gasteiger partial charge in [-0.1, -0.05) is 19.1 Å². The third kappa shape index (κ3) is 5.13. The predicted molar refractivity (Wildman–Crippen MR) is 95.0 cm³/mol. The van der Waals surface area contributed by atoms with Crippen LogP contribution in [0.5, 0.6) is 5.75 Å². The summed E-state index contributed by atoms with van der Waals surface area (Å²) in [5, 5.41) is 14.8. The fourth-order valence-electron chi connectivity index (χ4n) is 2.03. The van der Waals surface area contributed by atoms with Gasteiger partial charge in [0.05, 0.1) is 17.2 Å². The Bertz CT molecular complexity index is 785. The summed E-state index contributed by atoms with van der Waals surface area (Å²) < 4.78 is 5.46. The molecule has 0 aliphatic carbocycles. The van der Waals surface area contributed by atoms with Crippen LogP contribution in [0.4, 0.5) is 5.69 Å². The van der Waals surface area contributed by atoms with E-state index in [0.29, 0.717) is 29.2 Å². The average molecular weight is 341 g/mol. The van der Waals surface area contributed by atoms with E-state index in [2.05, 4.69) is 10.5 Å². The second-order valence-corrected chi connectivity index (χ2v) is 5.32. The lowest BCUT2D eigenvalue weighted by Crippen LogP contribution is -2.19. The normalized spacial score (nSPS) is 11.0. The summed E-state index contributed by atoms with van der Waals surface area (Å²) >= 11 is 0. The topological polar surface area (TPSA) is 93.8 Å². The number of hydrazone groups is 1. The molecule has 0 spiro atoms. The molecule has 7 nitrogen and oxygen atoms in total. The van der Waals surface area contributed by atoms with Gasteiger partial charge in [-0.3, -0.25) is 14.9 Å². The SMILES string of the molecule is CCCOc1ccc(C(=O)N/N=C(\C)c2cccc([N+](=O)[O-])c2)cc1. The number of nitrogens with one attached hydrogen (secondary N) is 1. The zero-order valence-electron chi connectivity index (χ0n) is 14.1. The number of ether oxygens (including phenoxy) is 1. The Morgan fingerprint density at radius 3 is 2.56 bits per heavy atom. The molecule has 25 heavy (non-hydrogen) atoms. The second-order valence-electron chi connectivity index (χ2n) is 5.32. The maximum Gasteiger partial charge on any atom is 0.271 e. The molecule has 0 saturated heterocycles. The monoisotopic (exact) mass is 341 g/mol. The lowest BCUT2D eigenvalue weighted by Gasteiger charge is -2.06. The maximum atomic E-state index is 12.1. The molecule has 0 atom stereocenters. The predicted octanol–water partition coefficient (Wildman–Crippen LogP) is 3.54. The van der Waals surface area contributed by atoms with Crippen molar-refractivity contribution in [2.75, 3.05) is 6.61 Å². The van der Waals surface area contributed by atoms with Gasteiger partial charge in [-0.05, 0) is 37.6 Å². The molecular weight excluding hydrogens is 322 g/mol. The summed E-state index contributed by atoms with van der Waals surface area (Å²) in [7, 11) is 0. The van der Waals surface area contributed by atoms with E-state index in [1.165, 1.54) is 12.1 Å². The zero-order valence-corrected chi connectivity index (χ0v) is 14.1. The molecule has 1 N–H and O–H groups in total.